The van der Waals surface area contributed by atoms with Crippen LogP contribution in [0.1, 0.15) is 36.6 Å². The van der Waals surface area contributed by atoms with E-state index in [0.29, 0.717) is 19.7 Å². The number of halogens is 1. The molecule has 4 rings (SSSR count). The minimum atomic E-state index is -0.0876. The summed E-state index contributed by atoms with van der Waals surface area (Å²) in [5.41, 5.74) is 2.17. The molecule has 144 valence electrons. The molecule has 2 aromatic rings. The van der Waals surface area contributed by atoms with Crippen molar-refractivity contribution >= 4 is 17.5 Å². The molecule has 0 bridgehead atoms. The molecule has 3 heterocycles. The lowest BCUT2D eigenvalue weighted by molar-refractivity contribution is -0.125. The highest BCUT2D eigenvalue weighted by Gasteiger charge is 2.32. The first-order chi connectivity index (χ1) is 13.2. The van der Waals surface area contributed by atoms with E-state index in [-0.39, 0.29) is 24.0 Å². The van der Waals surface area contributed by atoms with Crippen LogP contribution in [-0.4, -0.2) is 34.9 Å². The van der Waals surface area contributed by atoms with Gasteiger partial charge in [-0.2, -0.15) is 5.10 Å². The van der Waals surface area contributed by atoms with Crippen LogP contribution in [0.4, 0.5) is 0 Å². The molecule has 3 atom stereocenters. The van der Waals surface area contributed by atoms with Crippen molar-refractivity contribution in [3.8, 4) is 0 Å². The highest BCUT2D eigenvalue weighted by molar-refractivity contribution is 6.31. The summed E-state index contributed by atoms with van der Waals surface area (Å²) in [4.78, 5) is 12.7. The van der Waals surface area contributed by atoms with Crippen molar-refractivity contribution in [3.05, 3.63) is 52.8 Å². The average molecular weight is 389 g/mol. The zero-order chi connectivity index (χ0) is 18.6. The van der Waals surface area contributed by atoms with Crippen LogP contribution in [0.2, 0.25) is 5.02 Å². The Labute approximate surface area is 164 Å². The Morgan fingerprint density at radius 1 is 1.33 bits per heavy atom. The van der Waals surface area contributed by atoms with Gasteiger partial charge in [0, 0.05) is 30.9 Å². The number of benzene rings is 1. The Balaban J connectivity index is 1.24. The molecule has 1 amide bonds. The molecule has 2 aliphatic heterocycles. The van der Waals surface area contributed by atoms with Crippen molar-refractivity contribution < 1.29 is 9.53 Å². The number of hydrogen-bond acceptors (Lipinski definition) is 4. The number of nitrogens with one attached hydrogen (secondary N) is 2. The van der Waals surface area contributed by atoms with Gasteiger partial charge in [-0.15, -0.1) is 0 Å². The molecule has 27 heavy (non-hydrogen) atoms. The van der Waals surface area contributed by atoms with Crippen LogP contribution in [0.3, 0.4) is 0 Å². The lowest BCUT2D eigenvalue weighted by Gasteiger charge is -2.25. The van der Waals surface area contributed by atoms with Gasteiger partial charge in [-0.3, -0.25) is 9.48 Å². The number of aryl methyl sites for hydroxylation is 1. The van der Waals surface area contributed by atoms with Gasteiger partial charge in [0.2, 0.25) is 5.91 Å². The fraction of sp³-hybridized carbons (Fsp3) is 0.500. The molecular weight excluding hydrogens is 364 g/mol. The Morgan fingerprint density at radius 3 is 3.11 bits per heavy atom. The van der Waals surface area contributed by atoms with E-state index in [1.54, 1.807) is 6.20 Å². The van der Waals surface area contributed by atoms with E-state index in [1.807, 2.05) is 35.0 Å². The number of amides is 1. The number of ether oxygens (including phenoxy) is 1. The van der Waals surface area contributed by atoms with Gasteiger partial charge in [-0.1, -0.05) is 29.8 Å². The third-order valence-corrected chi connectivity index (χ3v) is 5.75. The predicted octanol–water partition coefficient (Wildman–Crippen LogP) is 2.68. The van der Waals surface area contributed by atoms with Gasteiger partial charge in [-0.25, -0.2) is 0 Å². The Bertz CT molecular complexity index is 794. The fourth-order valence-electron chi connectivity index (χ4n) is 3.89. The molecule has 6 nitrogen and oxygen atoms in total. The van der Waals surface area contributed by atoms with Crippen molar-refractivity contribution in [1.29, 1.82) is 0 Å². The number of rotatable bonds is 6. The monoisotopic (exact) mass is 388 g/mol. The van der Waals surface area contributed by atoms with Gasteiger partial charge in [0.05, 0.1) is 30.4 Å². The minimum Gasteiger partial charge on any atom is -0.376 e. The topological polar surface area (TPSA) is 68.2 Å². The standard InChI is InChI=1S/C20H25ClN4O2/c21-17-5-2-1-4-14(17)11-22-12-16-10-15(13-27-16)20(26)24-18-6-3-9-25-19(18)7-8-23-25/h1-2,4-5,7-8,15-16,18,22H,3,6,9-13H2,(H,24,26)/t15-,16-,18?/m0/s1. The summed E-state index contributed by atoms with van der Waals surface area (Å²) in [5, 5.41) is 11.7. The van der Waals surface area contributed by atoms with Crippen molar-refractivity contribution in [3.63, 3.8) is 0 Å². The van der Waals surface area contributed by atoms with E-state index in [0.717, 1.165) is 42.1 Å². The van der Waals surface area contributed by atoms with Crippen molar-refractivity contribution in [2.75, 3.05) is 13.2 Å². The van der Waals surface area contributed by atoms with Gasteiger partial charge < -0.3 is 15.4 Å². The summed E-state index contributed by atoms with van der Waals surface area (Å²) in [6.07, 6.45) is 4.61. The molecule has 1 aromatic heterocycles. The molecule has 1 fully saturated rings. The van der Waals surface area contributed by atoms with Crippen molar-refractivity contribution in [2.24, 2.45) is 5.92 Å². The summed E-state index contributed by atoms with van der Waals surface area (Å²) in [7, 11) is 0. The van der Waals surface area contributed by atoms with Gasteiger partial charge in [0.15, 0.2) is 0 Å². The molecule has 0 spiro atoms. The number of fused-ring (bicyclic) bond motifs is 1. The zero-order valence-corrected chi connectivity index (χ0v) is 16.0. The molecule has 2 aliphatic rings. The first-order valence-corrected chi connectivity index (χ1v) is 9.96. The molecule has 0 radical (unpaired) electrons. The Kier molecular flexibility index (Phi) is 5.76. The first kappa shape index (κ1) is 18.5. The van der Waals surface area contributed by atoms with Gasteiger partial charge in [0.1, 0.15) is 0 Å². The number of carbonyl (C=O) groups excluding carboxylic acids is 1. The van der Waals surface area contributed by atoms with Crippen LogP contribution in [0.25, 0.3) is 0 Å². The van der Waals surface area contributed by atoms with E-state index in [1.165, 1.54) is 0 Å². The normalized spacial score (nSPS) is 24.6. The first-order valence-electron chi connectivity index (χ1n) is 9.58. The number of aromatic nitrogens is 2. The highest BCUT2D eigenvalue weighted by Crippen LogP contribution is 2.26. The Hall–Kier alpha value is -1.89. The van der Waals surface area contributed by atoms with Crippen LogP contribution in [0.5, 0.6) is 0 Å². The lowest BCUT2D eigenvalue weighted by atomic mass is 10.0. The maximum atomic E-state index is 12.7. The SMILES string of the molecule is O=C(NC1CCCn2nccc21)[C@@H]1CO[C@H](CNCc2ccccc2Cl)C1. The van der Waals surface area contributed by atoms with E-state index >= 15 is 0 Å². The number of hydrogen-bond donors (Lipinski definition) is 2. The van der Waals surface area contributed by atoms with E-state index in [2.05, 4.69) is 15.7 Å². The average Bonchev–Trinajstić information content (AvgIpc) is 3.33. The quantitative estimate of drug-likeness (QED) is 0.798. The largest absolute Gasteiger partial charge is 0.376 e. The third-order valence-electron chi connectivity index (χ3n) is 5.38. The molecule has 2 N–H and O–H groups in total. The highest BCUT2D eigenvalue weighted by atomic mass is 35.5. The van der Waals surface area contributed by atoms with Crippen LogP contribution >= 0.6 is 11.6 Å². The number of carbonyl (C=O) groups is 1. The smallest absolute Gasteiger partial charge is 0.226 e. The summed E-state index contributed by atoms with van der Waals surface area (Å²) >= 11 is 6.17. The molecule has 7 heteroatoms. The molecule has 1 unspecified atom stereocenters. The van der Waals surface area contributed by atoms with Gasteiger partial charge >= 0.3 is 0 Å². The summed E-state index contributed by atoms with van der Waals surface area (Å²) in [5.74, 6) is -0.00124. The van der Waals surface area contributed by atoms with Crippen LogP contribution in [-0.2, 0) is 22.6 Å². The maximum Gasteiger partial charge on any atom is 0.226 e. The predicted molar refractivity (Wildman–Crippen MR) is 103 cm³/mol. The van der Waals surface area contributed by atoms with Crippen molar-refractivity contribution in [1.82, 2.24) is 20.4 Å². The number of nitrogens with zero attached hydrogens (tertiary/aromatic N) is 2. The second-order valence-electron chi connectivity index (χ2n) is 7.29. The molecule has 0 aliphatic carbocycles. The van der Waals surface area contributed by atoms with Crippen LogP contribution in [0, 0.1) is 5.92 Å². The minimum absolute atomic E-state index is 0.0557. The molecule has 1 saturated heterocycles. The van der Waals surface area contributed by atoms with E-state index < -0.39 is 0 Å². The third kappa shape index (κ3) is 4.34. The fourth-order valence-corrected chi connectivity index (χ4v) is 4.10. The molecule has 1 aromatic carbocycles. The van der Waals surface area contributed by atoms with Crippen LogP contribution < -0.4 is 10.6 Å². The molecular formula is C20H25ClN4O2. The molecule has 0 saturated carbocycles. The summed E-state index contributed by atoms with van der Waals surface area (Å²) in [6, 6.07) is 9.86. The van der Waals surface area contributed by atoms with Gasteiger partial charge in [-0.05, 0) is 37.0 Å². The Morgan fingerprint density at radius 2 is 2.22 bits per heavy atom. The summed E-state index contributed by atoms with van der Waals surface area (Å²) in [6.45, 7) is 2.82. The second kappa shape index (κ2) is 8.42. The van der Waals surface area contributed by atoms with E-state index in [4.69, 9.17) is 16.3 Å². The maximum absolute atomic E-state index is 12.7. The van der Waals surface area contributed by atoms with Gasteiger partial charge in [0.25, 0.3) is 0 Å². The van der Waals surface area contributed by atoms with Crippen LogP contribution in [0.15, 0.2) is 36.5 Å². The zero-order valence-electron chi connectivity index (χ0n) is 15.2. The lowest BCUT2D eigenvalue weighted by Crippen LogP contribution is -2.37. The summed E-state index contributed by atoms with van der Waals surface area (Å²) < 4.78 is 7.81. The van der Waals surface area contributed by atoms with E-state index in [9.17, 15) is 4.79 Å². The van der Waals surface area contributed by atoms with Crippen molar-refractivity contribution in [2.45, 2.75) is 44.5 Å². The second-order valence-corrected chi connectivity index (χ2v) is 7.70.